The summed E-state index contributed by atoms with van der Waals surface area (Å²) in [5.74, 6) is 2.50. The van der Waals surface area contributed by atoms with Gasteiger partial charge in [0.05, 0.1) is 69.8 Å². The number of ether oxygens (including phenoxy) is 2. The molecule has 15 aromatic rings. The van der Waals surface area contributed by atoms with Crippen LogP contribution in [-0.4, -0.2) is 78.3 Å². The van der Waals surface area contributed by atoms with Gasteiger partial charge in [-0.2, -0.15) is 0 Å². The number of allylic oxidation sites excluding steroid dienone is 2. The number of fused-ring (bicyclic) bond motifs is 20. The molecule has 0 saturated heterocycles. The molecule has 0 amide bonds. The number of H-pyrrole nitrogens is 3. The number of nitrogens with zero attached hydrogens (tertiary/aromatic N) is 5. The van der Waals surface area contributed by atoms with Crippen LogP contribution in [0.2, 0.25) is 0 Å². The van der Waals surface area contributed by atoms with Gasteiger partial charge in [0.1, 0.15) is 17.3 Å². The van der Waals surface area contributed by atoms with Crippen LogP contribution in [0.25, 0.3) is 100 Å². The average Bonchev–Trinajstić information content (AvgIpc) is 1.51. The Balaban J connectivity index is 0.000000234. The van der Waals surface area contributed by atoms with E-state index in [1.165, 1.54) is 11.1 Å². The molecule has 2 atom stereocenters. The van der Waals surface area contributed by atoms with Crippen LogP contribution in [-0.2, 0) is 19.5 Å². The third kappa shape index (κ3) is 13.2. The van der Waals surface area contributed by atoms with Crippen molar-refractivity contribution in [3.05, 3.63) is 365 Å². The SMILES string of the molecule is C1=Cc2c(c3c(c4[nH]c(-c5ccc(OCCCCOc6ccc(/C7=C8\C=CC(N8)/C(c8ccccc8)=c8/cc/c([nH]8)=C(\c8ccccc8)C8C=C/C(=C(\c9ccccc9)c9ccc7[nH]9)N8)cc6)cc5)nc24)C=CCN3)NC1.[Ru+2].c1cnc2c(c1)ccc1cccnc12.c1cnc2c(c1)ccc1cccnc12. The Kier molecular flexibility index (Phi) is 18.6. The zero-order valence-corrected chi connectivity index (χ0v) is 59.5. The van der Waals surface area contributed by atoms with Gasteiger partial charge < -0.3 is 45.7 Å². The standard InChI is InChI=1S/C67H56N8O2.2C12H8N2.Ru/c1-4-14-42(15-5-1)59-51-30-32-53(70-51)60(43-16-6-2-7-17-43)55-34-36-57(72-55)62(58-37-35-56(73-58)61(44-18-8-3-9-19-44)54-33-31-52(59)71-54)45-22-26-47(27-23-45)76-40-10-11-41-77-48-28-24-46(25-29-48)67-74-65-49-20-12-38-68-63(49)64-50(66(65)75-67)21-13-39-69-64;2*1-3-9-5-6-10-4-2-8-14-12(10)11(9)13-7-1;/h1-9,12-37,51,56,68-73H,10-11,38-41H2,(H,74,75);2*1-8H;/q;;;+2/b59-52-,60-53-,61-54-,62-58-;;;. The molecule has 14 nitrogen and oxygen atoms in total. The fraction of sp³-hybridized carbons (Fsp3) is 0.0879. The van der Waals surface area contributed by atoms with E-state index in [2.05, 4.69) is 305 Å². The molecule has 0 spiro atoms. The van der Waals surface area contributed by atoms with Gasteiger partial charge in [0.15, 0.2) is 0 Å². The van der Waals surface area contributed by atoms with Gasteiger partial charge in [0.25, 0.3) is 0 Å². The third-order valence-corrected chi connectivity index (χ3v) is 19.8. The number of rotatable bonds is 12. The molecule has 0 radical (unpaired) electrons. The fourth-order valence-corrected chi connectivity index (χ4v) is 14.9. The first-order chi connectivity index (χ1) is 52.1. The Morgan fingerprint density at radius 2 is 0.774 bits per heavy atom. The van der Waals surface area contributed by atoms with Crippen LogP contribution < -0.4 is 41.4 Å². The van der Waals surface area contributed by atoms with Crippen molar-refractivity contribution in [3.8, 4) is 22.9 Å². The second-order valence-electron chi connectivity index (χ2n) is 26.4. The van der Waals surface area contributed by atoms with Crippen LogP contribution in [0.15, 0.2) is 309 Å². The maximum atomic E-state index is 6.35. The second kappa shape index (κ2) is 29.8. The van der Waals surface area contributed by atoms with Crippen LogP contribution in [0, 0.1) is 0 Å². The quantitative estimate of drug-likeness (QED) is 0.0352. The number of benzene rings is 8. The molecule has 2 unspecified atom stereocenters. The Hall–Kier alpha value is -13.0. The zero-order valence-electron chi connectivity index (χ0n) is 57.7. The van der Waals surface area contributed by atoms with Crippen molar-refractivity contribution in [1.29, 1.82) is 0 Å². The minimum atomic E-state index is -0.108. The van der Waals surface area contributed by atoms with Crippen molar-refractivity contribution < 1.29 is 29.0 Å². The predicted molar refractivity (Wildman–Crippen MR) is 427 cm³/mol. The summed E-state index contributed by atoms with van der Waals surface area (Å²) in [6.07, 6.45) is 26.6. The molecular formula is C91H72N12O2Ru+2. The van der Waals surface area contributed by atoms with Gasteiger partial charge in [0, 0.05) is 132 Å². The van der Waals surface area contributed by atoms with Crippen LogP contribution in [0.4, 0.5) is 11.4 Å². The van der Waals surface area contributed by atoms with Gasteiger partial charge in [0.2, 0.25) is 0 Å². The molecule has 0 saturated carbocycles. The van der Waals surface area contributed by atoms with Crippen molar-refractivity contribution in [1.82, 2.24) is 50.5 Å². The molecule has 15 heteroatoms. The average molecular weight is 1470 g/mol. The number of imidazole rings is 1. The normalized spacial score (nSPS) is 17.6. The monoisotopic (exact) mass is 1470 g/mol. The molecule has 0 aliphatic carbocycles. The van der Waals surface area contributed by atoms with Crippen molar-refractivity contribution in [2.24, 2.45) is 0 Å². The summed E-state index contributed by atoms with van der Waals surface area (Å²) < 4.78 is 12.6. The van der Waals surface area contributed by atoms with Crippen molar-refractivity contribution in [3.63, 3.8) is 0 Å². The van der Waals surface area contributed by atoms with Gasteiger partial charge in [-0.15, -0.1) is 0 Å². The van der Waals surface area contributed by atoms with E-state index in [4.69, 9.17) is 14.5 Å². The summed E-state index contributed by atoms with van der Waals surface area (Å²) in [5, 5.41) is 21.8. The molecule has 12 heterocycles. The Labute approximate surface area is 625 Å². The maximum absolute atomic E-state index is 6.35. The zero-order chi connectivity index (χ0) is 69.8. The van der Waals surface area contributed by atoms with E-state index < -0.39 is 0 Å². The predicted octanol–water partition coefficient (Wildman–Crippen LogP) is 17.3. The Morgan fingerprint density at radius 3 is 1.24 bits per heavy atom. The summed E-state index contributed by atoms with van der Waals surface area (Å²) in [4.78, 5) is 33.9. The maximum Gasteiger partial charge on any atom is 2.00 e. The smallest absolute Gasteiger partial charge is 0.494 e. The van der Waals surface area contributed by atoms with E-state index in [1.54, 1.807) is 24.8 Å². The number of hydrogen-bond acceptors (Lipinski definition) is 11. The first-order valence-corrected chi connectivity index (χ1v) is 35.8. The van der Waals surface area contributed by atoms with Crippen molar-refractivity contribution >= 4 is 100 Å². The number of nitrogens with one attached hydrogen (secondary N) is 7. The summed E-state index contributed by atoms with van der Waals surface area (Å²) in [6.45, 7) is 2.79. The molecule has 0 fully saturated rings. The summed E-state index contributed by atoms with van der Waals surface area (Å²) in [6, 6.07) is 81.8. The molecule has 7 N–H and O–H groups in total. The Morgan fingerprint density at radius 1 is 0.358 bits per heavy atom. The first kappa shape index (κ1) is 66.3. The molecule has 106 heavy (non-hydrogen) atoms. The molecule has 7 aromatic heterocycles. The van der Waals surface area contributed by atoms with Crippen LogP contribution in [0.5, 0.6) is 11.5 Å². The summed E-state index contributed by atoms with van der Waals surface area (Å²) >= 11 is 0. The minimum absolute atomic E-state index is 0. The molecule has 8 bridgehead atoms. The minimum Gasteiger partial charge on any atom is -0.494 e. The van der Waals surface area contributed by atoms with E-state index in [0.29, 0.717) is 13.2 Å². The van der Waals surface area contributed by atoms with Crippen molar-refractivity contribution in [2.75, 3.05) is 36.9 Å². The number of aromatic amines is 3. The molecule has 8 aromatic carbocycles. The molecule has 20 rings (SSSR count). The van der Waals surface area contributed by atoms with Gasteiger partial charge >= 0.3 is 19.5 Å². The molecule has 5 aliphatic rings. The Bertz CT molecular complexity index is 5840. The van der Waals surface area contributed by atoms with Crippen LogP contribution >= 0.6 is 0 Å². The fourth-order valence-electron chi connectivity index (χ4n) is 14.9. The largest absolute Gasteiger partial charge is 2.00 e. The number of hydrogen-bond donors (Lipinski definition) is 7. The molecule has 514 valence electrons. The van der Waals surface area contributed by atoms with Gasteiger partial charge in [-0.25, -0.2) is 4.98 Å². The second-order valence-corrected chi connectivity index (χ2v) is 26.4. The molecule has 5 aliphatic heterocycles. The summed E-state index contributed by atoms with van der Waals surface area (Å²) in [7, 11) is 0. The molecular weight excluding hydrogens is 1390 g/mol. The topological polar surface area (TPSA) is 178 Å². The number of aromatic nitrogens is 8. The van der Waals surface area contributed by atoms with Crippen LogP contribution in [0.1, 0.15) is 57.6 Å². The van der Waals surface area contributed by atoms with E-state index in [0.717, 1.165) is 193 Å². The van der Waals surface area contributed by atoms with E-state index >= 15 is 0 Å². The third-order valence-electron chi connectivity index (χ3n) is 19.8. The van der Waals surface area contributed by atoms with Crippen molar-refractivity contribution in [2.45, 2.75) is 24.9 Å². The first-order valence-electron chi connectivity index (χ1n) is 35.8. The number of unbranched alkanes of at least 4 members (excludes halogenated alkanes) is 1. The number of anilines is 2. The van der Waals surface area contributed by atoms with Crippen LogP contribution in [0.3, 0.4) is 0 Å². The van der Waals surface area contributed by atoms with Gasteiger partial charge in [-0.05, 0) is 132 Å². The van der Waals surface area contributed by atoms with E-state index in [9.17, 15) is 0 Å². The van der Waals surface area contributed by atoms with E-state index in [-0.39, 0.29) is 31.6 Å². The van der Waals surface area contributed by atoms with Gasteiger partial charge in [-0.1, -0.05) is 188 Å². The van der Waals surface area contributed by atoms with Gasteiger partial charge in [-0.3, -0.25) is 19.9 Å². The number of pyridine rings is 4. The summed E-state index contributed by atoms with van der Waals surface area (Å²) in [5.41, 5.74) is 24.6. The van der Waals surface area contributed by atoms with E-state index in [1.807, 2.05) is 36.4 Å².